The Morgan fingerprint density at radius 2 is 2.21 bits per heavy atom. The van der Waals surface area contributed by atoms with E-state index >= 15 is 0 Å². The molecule has 1 aromatic rings. The zero-order valence-corrected chi connectivity index (χ0v) is 16.0. The number of hydrogen-bond acceptors (Lipinski definition) is 6. The van der Waals surface area contributed by atoms with Crippen molar-refractivity contribution in [1.82, 2.24) is 15.2 Å². The number of aryl methyl sites for hydroxylation is 1. The molecule has 1 aromatic heterocycles. The minimum Gasteiger partial charge on any atom is -0.457 e. The van der Waals surface area contributed by atoms with Crippen molar-refractivity contribution in [1.29, 1.82) is 0 Å². The molecule has 3 atom stereocenters. The Bertz CT molecular complexity index is 840. The lowest BCUT2D eigenvalue weighted by molar-refractivity contribution is -0.140. The SMILES string of the molecule is CN[C@@H](CC1CC1)C(=O)N1CC2(C[C@H]1C(N)=O)Oc1nc(C)ccc1NC2=O. The van der Waals surface area contributed by atoms with E-state index in [2.05, 4.69) is 15.6 Å². The number of aromatic nitrogens is 1. The summed E-state index contributed by atoms with van der Waals surface area (Å²) >= 11 is 0. The average Bonchev–Trinajstić information content (AvgIpc) is 3.39. The molecular formula is C19H25N5O4. The van der Waals surface area contributed by atoms with Crippen LogP contribution in [0.5, 0.6) is 5.88 Å². The first-order valence-electron chi connectivity index (χ1n) is 9.58. The summed E-state index contributed by atoms with van der Waals surface area (Å²) in [5.41, 5.74) is 5.42. The summed E-state index contributed by atoms with van der Waals surface area (Å²) in [4.78, 5) is 43.8. The number of likely N-dealkylation sites (tertiary alicyclic amines) is 1. The Morgan fingerprint density at radius 3 is 2.86 bits per heavy atom. The summed E-state index contributed by atoms with van der Waals surface area (Å²) in [6.07, 6.45) is 2.94. The summed E-state index contributed by atoms with van der Waals surface area (Å²) in [5, 5.41) is 5.83. The van der Waals surface area contributed by atoms with Gasteiger partial charge in [0, 0.05) is 12.1 Å². The van der Waals surface area contributed by atoms with E-state index in [0.29, 0.717) is 23.9 Å². The Kier molecular flexibility index (Phi) is 4.49. The van der Waals surface area contributed by atoms with Gasteiger partial charge in [0.1, 0.15) is 11.7 Å². The number of primary amides is 1. The molecule has 0 aromatic carbocycles. The van der Waals surface area contributed by atoms with E-state index in [4.69, 9.17) is 10.5 Å². The fourth-order valence-electron chi connectivity index (χ4n) is 4.00. The second-order valence-electron chi connectivity index (χ2n) is 7.96. The Hall–Kier alpha value is -2.68. The summed E-state index contributed by atoms with van der Waals surface area (Å²) in [6, 6.07) is 2.17. The van der Waals surface area contributed by atoms with Gasteiger partial charge in [-0.15, -0.1) is 0 Å². The Morgan fingerprint density at radius 1 is 1.46 bits per heavy atom. The average molecular weight is 387 g/mol. The van der Waals surface area contributed by atoms with Gasteiger partial charge >= 0.3 is 0 Å². The molecule has 2 aliphatic heterocycles. The molecule has 3 amide bonds. The van der Waals surface area contributed by atoms with E-state index in [-0.39, 0.29) is 18.9 Å². The predicted octanol–water partition coefficient (Wildman–Crippen LogP) is -0.0660. The first-order valence-corrected chi connectivity index (χ1v) is 9.58. The van der Waals surface area contributed by atoms with Crippen LogP contribution >= 0.6 is 0 Å². The summed E-state index contributed by atoms with van der Waals surface area (Å²) < 4.78 is 6.00. The topological polar surface area (TPSA) is 127 Å². The van der Waals surface area contributed by atoms with Crippen LogP contribution in [-0.2, 0) is 14.4 Å². The van der Waals surface area contributed by atoms with Gasteiger partial charge in [-0.2, -0.15) is 0 Å². The number of nitrogens with two attached hydrogens (primary N) is 1. The van der Waals surface area contributed by atoms with Gasteiger partial charge in [-0.05, 0) is 38.4 Å². The lowest BCUT2D eigenvalue weighted by atomic mass is 9.97. The number of rotatable bonds is 5. The molecule has 3 aliphatic rings. The molecule has 1 aliphatic carbocycles. The van der Waals surface area contributed by atoms with E-state index in [1.54, 1.807) is 19.2 Å². The van der Waals surface area contributed by atoms with Crippen molar-refractivity contribution in [3.63, 3.8) is 0 Å². The summed E-state index contributed by atoms with van der Waals surface area (Å²) in [5.74, 6) is -0.450. The van der Waals surface area contributed by atoms with Crippen LogP contribution in [0.25, 0.3) is 0 Å². The van der Waals surface area contributed by atoms with Crippen LogP contribution in [0.4, 0.5) is 5.69 Å². The molecule has 2 fully saturated rings. The van der Waals surface area contributed by atoms with E-state index in [1.165, 1.54) is 4.90 Å². The van der Waals surface area contributed by atoms with Gasteiger partial charge in [0.2, 0.25) is 23.3 Å². The van der Waals surface area contributed by atoms with Crippen LogP contribution in [0.3, 0.4) is 0 Å². The van der Waals surface area contributed by atoms with Crippen LogP contribution in [-0.4, -0.2) is 58.9 Å². The van der Waals surface area contributed by atoms with Crippen LogP contribution in [0.15, 0.2) is 12.1 Å². The van der Waals surface area contributed by atoms with Gasteiger partial charge < -0.3 is 26.0 Å². The highest BCUT2D eigenvalue weighted by molar-refractivity contribution is 6.03. The van der Waals surface area contributed by atoms with Gasteiger partial charge in [0.25, 0.3) is 5.91 Å². The molecule has 0 bridgehead atoms. The molecule has 150 valence electrons. The first-order chi connectivity index (χ1) is 13.3. The molecule has 28 heavy (non-hydrogen) atoms. The van der Waals surface area contributed by atoms with E-state index in [0.717, 1.165) is 18.5 Å². The zero-order valence-electron chi connectivity index (χ0n) is 16.0. The highest BCUT2D eigenvalue weighted by atomic mass is 16.5. The molecule has 0 radical (unpaired) electrons. The fraction of sp³-hybridized carbons (Fsp3) is 0.579. The number of amides is 3. The van der Waals surface area contributed by atoms with Gasteiger partial charge in [0.05, 0.1) is 12.6 Å². The minimum absolute atomic E-state index is 0.00876. The third-order valence-corrected chi connectivity index (χ3v) is 5.80. The molecule has 3 heterocycles. The second kappa shape index (κ2) is 6.73. The van der Waals surface area contributed by atoms with Crippen LogP contribution in [0, 0.1) is 12.8 Å². The molecule has 1 saturated carbocycles. The monoisotopic (exact) mass is 387 g/mol. The molecule has 4 rings (SSSR count). The highest BCUT2D eigenvalue weighted by Crippen LogP contribution is 2.40. The number of nitrogens with zero attached hydrogens (tertiary/aromatic N) is 2. The van der Waals surface area contributed by atoms with Gasteiger partial charge in [-0.3, -0.25) is 14.4 Å². The van der Waals surface area contributed by atoms with Crippen LogP contribution < -0.4 is 21.1 Å². The van der Waals surface area contributed by atoms with Gasteiger partial charge in [0.15, 0.2) is 0 Å². The lowest BCUT2D eigenvalue weighted by Gasteiger charge is -2.33. The molecule has 1 spiro atoms. The third kappa shape index (κ3) is 3.19. The number of likely N-dealkylation sites (N-methyl/N-ethyl adjacent to an activating group) is 1. The van der Waals surface area contributed by atoms with Crippen molar-refractivity contribution < 1.29 is 19.1 Å². The van der Waals surface area contributed by atoms with Crippen molar-refractivity contribution in [3.05, 3.63) is 17.8 Å². The number of pyridine rings is 1. The van der Waals surface area contributed by atoms with Crippen molar-refractivity contribution in [3.8, 4) is 5.88 Å². The second-order valence-corrected chi connectivity index (χ2v) is 7.96. The number of ether oxygens (including phenoxy) is 1. The molecule has 1 unspecified atom stereocenters. The maximum absolute atomic E-state index is 13.1. The lowest BCUT2D eigenvalue weighted by Crippen LogP contribution is -2.55. The molecule has 9 nitrogen and oxygen atoms in total. The normalized spacial score (nSPS) is 27.1. The van der Waals surface area contributed by atoms with E-state index in [1.807, 2.05) is 6.92 Å². The number of anilines is 1. The number of nitrogens with one attached hydrogen (secondary N) is 2. The van der Waals surface area contributed by atoms with Crippen LogP contribution in [0.2, 0.25) is 0 Å². The summed E-state index contributed by atoms with van der Waals surface area (Å²) in [7, 11) is 1.73. The maximum Gasteiger partial charge on any atom is 0.270 e. The summed E-state index contributed by atoms with van der Waals surface area (Å²) in [6.45, 7) is 1.78. The van der Waals surface area contributed by atoms with E-state index < -0.39 is 29.5 Å². The fourth-order valence-corrected chi connectivity index (χ4v) is 4.00. The number of carbonyl (C=O) groups excluding carboxylic acids is 3. The van der Waals surface area contributed by atoms with Crippen molar-refractivity contribution in [2.75, 3.05) is 18.9 Å². The van der Waals surface area contributed by atoms with Crippen molar-refractivity contribution >= 4 is 23.4 Å². The van der Waals surface area contributed by atoms with Crippen molar-refractivity contribution in [2.24, 2.45) is 11.7 Å². The quantitative estimate of drug-likeness (QED) is 0.649. The number of hydrogen-bond donors (Lipinski definition) is 3. The number of carbonyl (C=O) groups is 3. The van der Waals surface area contributed by atoms with Crippen molar-refractivity contribution in [2.45, 2.75) is 50.3 Å². The first kappa shape index (κ1) is 18.7. The maximum atomic E-state index is 13.1. The predicted molar refractivity (Wildman–Crippen MR) is 100 cm³/mol. The molecular weight excluding hydrogens is 362 g/mol. The minimum atomic E-state index is -1.37. The largest absolute Gasteiger partial charge is 0.457 e. The molecule has 4 N–H and O–H groups in total. The third-order valence-electron chi connectivity index (χ3n) is 5.80. The molecule has 1 saturated heterocycles. The van der Waals surface area contributed by atoms with Gasteiger partial charge in [-0.25, -0.2) is 4.98 Å². The Labute approximate surface area is 163 Å². The van der Waals surface area contributed by atoms with E-state index in [9.17, 15) is 14.4 Å². The van der Waals surface area contributed by atoms with Gasteiger partial charge in [-0.1, -0.05) is 12.8 Å². The van der Waals surface area contributed by atoms with Crippen LogP contribution in [0.1, 0.15) is 31.4 Å². The molecule has 9 heteroatoms. The number of fused-ring (bicyclic) bond motifs is 1. The smallest absolute Gasteiger partial charge is 0.270 e. The zero-order chi connectivity index (χ0) is 20.1. The highest BCUT2D eigenvalue weighted by Gasteiger charge is 2.57. The standard InChI is InChI=1S/C19H25N5O4/c1-10-3-6-12-16(22-10)28-19(18(27)23-12)8-14(15(20)25)24(9-19)17(26)13(21-2)7-11-4-5-11/h3,6,11,13-14,21H,4-5,7-9H2,1-2H3,(H2,20,25)(H,23,27)/t13-,14-,19?/m0/s1. The Balaban J connectivity index is 1.62.